The molecule has 2 amide bonds. The van der Waals surface area contributed by atoms with Gasteiger partial charge in [-0.15, -0.1) is 0 Å². The van der Waals surface area contributed by atoms with Crippen molar-refractivity contribution in [2.75, 3.05) is 14.2 Å². The van der Waals surface area contributed by atoms with Gasteiger partial charge in [-0.1, -0.05) is 50.3 Å². The van der Waals surface area contributed by atoms with Crippen LogP contribution in [-0.4, -0.2) is 67.3 Å². The number of allylic oxidation sites excluding steroid dienone is 4. The minimum Gasteiger partial charge on any atom is -0.439 e. The molecule has 5 N–H and O–H groups in total. The summed E-state index contributed by atoms with van der Waals surface area (Å²) in [5.41, 5.74) is 6.91. The first-order valence-corrected chi connectivity index (χ1v) is 15.3. The van der Waals surface area contributed by atoms with E-state index in [4.69, 9.17) is 19.9 Å². The standard InChI is InChI=1S/C35H44FN3O8/c1-19-14-25-30(38-18-23-10-12-24(36)13-11-23)27(40)17-26(32(25)42)39-34(43)20(2)8-7-9-28(45-5)33(47-35(37)44)22(4)16-21(3)31(41)29(15-19)46-6/h7-13,16-17,19,21,28-29,31,33,38,41H,14-15,18H2,1-6H3,(H2,37,44)(H,39,43)/b9-7-,20-8+,22-16+/t19-,21+,28+,29+,31-,33+/m1/s1. The average Bonchev–Trinajstić information content (AvgIpc) is 3.02. The Morgan fingerprint density at radius 3 is 2.40 bits per heavy atom. The maximum atomic E-state index is 13.8. The van der Waals surface area contributed by atoms with Crippen molar-refractivity contribution in [3.8, 4) is 0 Å². The first-order valence-electron chi connectivity index (χ1n) is 15.3. The summed E-state index contributed by atoms with van der Waals surface area (Å²) >= 11 is 0. The van der Waals surface area contributed by atoms with E-state index in [-0.39, 0.29) is 41.4 Å². The van der Waals surface area contributed by atoms with Gasteiger partial charge >= 0.3 is 6.09 Å². The Hall–Kier alpha value is -4.39. The number of carbonyl (C=O) groups excluding carboxylic acids is 4. The van der Waals surface area contributed by atoms with E-state index in [1.54, 1.807) is 38.1 Å². The van der Waals surface area contributed by atoms with Crippen LogP contribution in [0.2, 0.25) is 0 Å². The predicted molar refractivity (Wildman–Crippen MR) is 173 cm³/mol. The second-order valence-corrected chi connectivity index (χ2v) is 11.9. The molecule has 0 spiro atoms. The Balaban J connectivity index is 2.06. The van der Waals surface area contributed by atoms with Crippen molar-refractivity contribution in [1.82, 2.24) is 10.6 Å². The molecule has 1 aliphatic heterocycles. The molecule has 0 fully saturated rings. The van der Waals surface area contributed by atoms with Crippen LogP contribution in [0.3, 0.4) is 0 Å². The highest BCUT2D eigenvalue weighted by atomic mass is 19.1. The third-order valence-electron chi connectivity index (χ3n) is 8.18. The van der Waals surface area contributed by atoms with Crippen LogP contribution < -0.4 is 16.4 Å². The summed E-state index contributed by atoms with van der Waals surface area (Å²) in [7, 11) is 2.89. The Kier molecular flexibility index (Phi) is 13.4. The zero-order valence-electron chi connectivity index (χ0n) is 27.5. The van der Waals surface area contributed by atoms with Crippen molar-refractivity contribution in [2.24, 2.45) is 17.6 Å². The number of Topliss-reactive ketones (excluding diaryl/α,β-unsaturated/α-hetero) is 1. The predicted octanol–water partition coefficient (Wildman–Crippen LogP) is 3.69. The molecule has 1 aliphatic carbocycles. The number of ketones is 2. The lowest BCUT2D eigenvalue weighted by atomic mass is 9.85. The van der Waals surface area contributed by atoms with Crippen LogP contribution in [0.4, 0.5) is 9.18 Å². The number of fused-ring (bicyclic) bond motifs is 2. The zero-order chi connectivity index (χ0) is 34.8. The van der Waals surface area contributed by atoms with E-state index in [2.05, 4.69) is 10.6 Å². The highest BCUT2D eigenvalue weighted by Gasteiger charge is 2.33. The lowest BCUT2D eigenvalue weighted by molar-refractivity contribution is -0.120. The molecular weight excluding hydrogens is 609 g/mol. The Bertz CT molecular complexity index is 1490. The number of hydrogen-bond acceptors (Lipinski definition) is 9. The van der Waals surface area contributed by atoms with E-state index in [1.807, 2.05) is 6.92 Å². The third kappa shape index (κ3) is 10.0. The average molecular weight is 654 g/mol. The molecule has 0 saturated carbocycles. The summed E-state index contributed by atoms with van der Waals surface area (Å²) in [6.45, 7) is 7.06. The number of ether oxygens (including phenoxy) is 3. The van der Waals surface area contributed by atoms with Crippen molar-refractivity contribution in [1.29, 1.82) is 0 Å². The van der Waals surface area contributed by atoms with Gasteiger partial charge in [0.25, 0.3) is 5.91 Å². The largest absolute Gasteiger partial charge is 0.439 e. The number of amides is 2. The Morgan fingerprint density at radius 2 is 1.79 bits per heavy atom. The fraction of sp³-hybridized carbons (Fsp3) is 0.429. The zero-order valence-corrected chi connectivity index (χ0v) is 27.5. The normalized spacial score (nSPS) is 29.5. The van der Waals surface area contributed by atoms with E-state index in [0.29, 0.717) is 17.6 Å². The summed E-state index contributed by atoms with van der Waals surface area (Å²) in [4.78, 5) is 52.1. The molecule has 1 heterocycles. The van der Waals surface area contributed by atoms with Crippen molar-refractivity contribution < 1.29 is 42.9 Å². The van der Waals surface area contributed by atoms with Gasteiger partial charge in [0.1, 0.15) is 11.9 Å². The number of nitrogens with one attached hydrogen (secondary N) is 2. The first kappa shape index (κ1) is 37.1. The summed E-state index contributed by atoms with van der Waals surface area (Å²) < 4.78 is 30.1. The van der Waals surface area contributed by atoms with Crippen molar-refractivity contribution in [3.05, 3.63) is 94.1 Å². The SMILES string of the molecule is CO[C@H]1/C=C\C=C(/C)C(=O)NC2=CC(=O)C(NCc3ccc(F)cc3)=C(C[C@@H](C)C[C@H](OC)[C@H](O)[C@@H](C)/C=C(\C)[C@@H]1OC(N)=O)C2=O. The molecule has 0 saturated heterocycles. The fourth-order valence-corrected chi connectivity index (χ4v) is 5.57. The van der Waals surface area contributed by atoms with Crippen LogP contribution in [0.5, 0.6) is 0 Å². The summed E-state index contributed by atoms with van der Waals surface area (Å²) in [5.74, 6) is -2.78. The number of primary amides is 1. The molecule has 0 unspecified atom stereocenters. The number of aliphatic hydroxyl groups is 1. The lowest BCUT2D eigenvalue weighted by Crippen LogP contribution is -2.37. The van der Waals surface area contributed by atoms with Gasteiger partial charge < -0.3 is 35.7 Å². The molecule has 12 heteroatoms. The molecule has 11 nitrogen and oxygen atoms in total. The van der Waals surface area contributed by atoms with Gasteiger partial charge in [-0.05, 0) is 55.9 Å². The van der Waals surface area contributed by atoms with Crippen LogP contribution in [0.1, 0.15) is 46.1 Å². The number of rotatable bonds is 6. The molecule has 6 atom stereocenters. The second kappa shape index (κ2) is 17.0. The second-order valence-electron chi connectivity index (χ2n) is 11.9. The Labute approximate surface area is 274 Å². The molecule has 1 aromatic rings. The lowest BCUT2D eigenvalue weighted by Gasteiger charge is -2.30. The van der Waals surface area contributed by atoms with Crippen LogP contribution in [0.15, 0.2) is 82.8 Å². The number of methoxy groups -OCH3 is 2. The molecule has 0 radical (unpaired) electrons. The number of benzene rings is 1. The number of carbonyl (C=O) groups is 4. The molecule has 47 heavy (non-hydrogen) atoms. The maximum Gasteiger partial charge on any atom is 0.405 e. The number of aliphatic hydroxyl groups excluding tert-OH is 1. The van der Waals surface area contributed by atoms with Crippen LogP contribution >= 0.6 is 0 Å². The van der Waals surface area contributed by atoms with Gasteiger partial charge in [0.2, 0.25) is 11.6 Å². The van der Waals surface area contributed by atoms with Gasteiger partial charge in [0.05, 0.1) is 23.6 Å². The number of nitrogens with two attached hydrogens (primary N) is 1. The highest BCUT2D eigenvalue weighted by Crippen LogP contribution is 2.29. The number of halogens is 1. The summed E-state index contributed by atoms with van der Waals surface area (Å²) in [5, 5.41) is 16.9. The molecule has 254 valence electrons. The van der Waals surface area contributed by atoms with Gasteiger partial charge in [0, 0.05) is 43.9 Å². The first-order chi connectivity index (χ1) is 22.2. The van der Waals surface area contributed by atoms with E-state index >= 15 is 0 Å². The smallest absolute Gasteiger partial charge is 0.405 e. The van der Waals surface area contributed by atoms with E-state index in [1.165, 1.54) is 45.4 Å². The van der Waals surface area contributed by atoms with Gasteiger partial charge in [-0.2, -0.15) is 0 Å². The van der Waals surface area contributed by atoms with Crippen LogP contribution in [-0.2, 0) is 35.1 Å². The topological polar surface area (TPSA) is 166 Å². The molecule has 0 aromatic heterocycles. The van der Waals surface area contributed by atoms with Crippen molar-refractivity contribution >= 4 is 23.6 Å². The van der Waals surface area contributed by atoms with Gasteiger partial charge in [0.15, 0.2) is 6.10 Å². The number of hydrogen-bond donors (Lipinski definition) is 4. The Morgan fingerprint density at radius 1 is 1.11 bits per heavy atom. The molecule has 2 aliphatic rings. The van der Waals surface area contributed by atoms with E-state index < -0.39 is 59.7 Å². The molecule has 2 bridgehead atoms. The van der Waals surface area contributed by atoms with Crippen molar-refractivity contribution in [3.63, 3.8) is 0 Å². The fourth-order valence-electron chi connectivity index (χ4n) is 5.57. The minimum atomic E-state index is -1.01. The summed E-state index contributed by atoms with van der Waals surface area (Å²) in [6.07, 6.45) is 3.43. The van der Waals surface area contributed by atoms with Crippen LogP contribution in [0, 0.1) is 17.7 Å². The third-order valence-corrected chi connectivity index (χ3v) is 8.18. The van der Waals surface area contributed by atoms with Crippen molar-refractivity contribution in [2.45, 2.75) is 71.5 Å². The summed E-state index contributed by atoms with van der Waals surface area (Å²) in [6, 6.07) is 5.74. The van der Waals surface area contributed by atoms with Gasteiger partial charge in [-0.25, -0.2) is 9.18 Å². The van der Waals surface area contributed by atoms with E-state index in [0.717, 1.165) is 6.08 Å². The molecular formula is C35H44FN3O8. The quantitative estimate of drug-likeness (QED) is 0.265. The van der Waals surface area contributed by atoms with Gasteiger partial charge in [-0.3, -0.25) is 14.4 Å². The highest BCUT2D eigenvalue weighted by molar-refractivity contribution is 6.23. The minimum absolute atomic E-state index is 0.0813. The maximum absolute atomic E-state index is 13.8. The molecule has 3 rings (SSSR count). The monoisotopic (exact) mass is 653 g/mol. The van der Waals surface area contributed by atoms with Crippen LogP contribution in [0.25, 0.3) is 0 Å². The van der Waals surface area contributed by atoms with E-state index in [9.17, 15) is 28.7 Å². The molecule has 1 aromatic carbocycles.